The van der Waals surface area contributed by atoms with E-state index in [2.05, 4.69) is 39.6 Å². The number of hydrogen-bond acceptors (Lipinski definition) is 2. The van der Waals surface area contributed by atoms with E-state index in [1.807, 2.05) is 0 Å². The van der Waals surface area contributed by atoms with E-state index in [9.17, 15) is 5.26 Å². The minimum Gasteiger partial charge on any atom is -0.399 e. The SMILES string of the molecule is CC1(C)CCCCC1(C#N)O[Si](C)(C)C. The van der Waals surface area contributed by atoms with Gasteiger partial charge in [-0.1, -0.05) is 20.3 Å². The zero-order chi connectivity index (χ0) is 11.7. The maximum atomic E-state index is 9.49. The Balaban J connectivity index is 2.97. The Morgan fingerprint density at radius 1 is 1.13 bits per heavy atom. The standard InChI is InChI=1S/C12H23NOSi/c1-11(2)8-6-7-9-12(11,10-13)14-15(3,4)5/h6-9H2,1-5H3. The Bertz CT molecular complexity index is 274. The van der Waals surface area contributed by atoms with E-state index in [1.54, 1.807) is 0 Å². The van der Waals surface area contributed by atoms with E-state index >= 15 is 0 Å². The average molecular weight is 225 g/mol. The summed E-state index contributed by atoms with van der Waals surface area (Å²) in [5.41, 5.74) is -0.532. The van der Waals surface area contributed by atoms with Gasteiger partial charge < -0.3 is 4.43 Å². The molecule has 1 saturated carbocycles. The van der Waals surface area contributed by atoms with Crippen LogP contribution >= 0.6 is 0 Å². The fourth-order valence-electron chi connectivity index (χ4n) is 2.42. The third-order valence-corrected chi connectivity index (χ3v) is 4.30. The monoisotopic (exact) mass is 225 g/mol. The number of nitrogens with zero attached hydrogens (tertiary/aromatic N) is 1. The molecule has 86 valence electrons. The molecule has 0 aliphatic heterocycles. The lowest BCUT2D eigenvalue weighted by Gasteiger charge is -2.48. The van der Waals surface area contributed by atoms with Gasteiger partial charge in [0.05, 0.1) is 6.07 Å². The van der Waals surface area contributed by atoms with Crippen LogP contribution in [0.5, 0.6) is 0 Å². The molecule has 15 heavy (non-hydrogen) atoms. The van der Waals surface area contributed by atoms with Gasteiger partial charge in [0.2, 0.25) is 0 Å². The number of rotatable bonds is 2. The third kappa shape index (κ3) is 2.62. The number of hydrogen-bond donors (Lipinski definition) is 0. The first-order valence-electron chi connectivity index (χ1n) is 5.84. The molecular formula is C12H23NOSi. The van der Waals surface area contributed by atoms with Crippen LogP contribution in [0.1, 0.15) is 39.5 Å². The molecule has 0 aromatic heterocycles. The molecule has 1 atom stereocenters. The molecule has 0 bridgehead atoms. The van der Waals surface area contributed by atoms with Gasteiger partial charge >= 0.3 is 0 Å². The van der Waals surface area contributed by atoms with Gasteiger partial charge in [-0.2, -0.15) is 5.26 Å². The fraction of sp³-hybridized carbons (Fsp3) is 0.917. The van der Waals surface area contributed by atoms with Crippen LogP contribution < -0.4 is 0 Å². The molecule has 1 unspecified atom stereocenters. The molecule has 0 heterocycles. The molecule has 1 rings (SSSR count). The highest BCUT2D eigenvalue weighted by molar-refractivity contribution is 6.69. The summed E-state index contributed by atoms with van der Waals surface area (Å²) >= 11 is 0. The first-order chi connectivity index (χ1) is 6.72. The van der Waals surface area contributed by atoms with E-state index in [0.717, 1.165) is 19.3 Å². The first kappa shape index (κ1) is 12.7. The van der Waals surface area contributed by atoms with Gasteiger partial charge in [-0.3, -0.25) is 0 Å². The Kier molecular flexibility index (Phi) is 3.32. The summed E-state index contributed by atoms with van der Waals surface area (Å²) in [5.74, 6) is 0. The van der Waals surface area contributed by atoms with Crippen molar-refractivity contribution < 1.29 is 4.43 Å². The molecule has 0 aromatic rings. The van der Waals surface area contributed by atoms with Crippen molar-refractivity contribution in [3.63, 3.8) is 0 Å². The van der Waals surface area contributed by atoms with Crippen molar-refractivity contribution in [2.75, 3.05) is 0 Å². The van der Waals surface area contributed by atoms with Crippen LogP contribution in [0.2, 0.25) is 19.6 Å². The maximum Gasteiger partial charge on any atom is 0.185 e. The third-order valence-electron chi connectivity index (χ3n) is 3.33. The van der Waals surface area contributed by atoms with E-state index in [1.165, 1.54) is 6.42 Å². The molecule has 0 aromatic carbocycles. The van der Waals surface area contributed by atoms with Crippen molar-refractivity contribution in [3.05, 3.63) is 0 Å². The molecule has 3 heteroatoms. The molecule has 0 N–H and O–H groups in total. The Labute approximate surface area is 94.8 Å². The van der Waals surface area contributed by atoms with Crippen molar-refractivity contribution >= 4 is 8.32 Å². The summed E-state index contributed by atoms with van der Waals surface area (Å²) < 4.78 is 6.21. The lowest BCUT2D eigenvalue weighted by atomic mass is 9.66. The number of nitriles is 1. The van der Waals surface area contributed by atoms with E-state index in [0.29, 0.717) is 0 Å². The fourth-order valence-corrected chi connectivity index (χ4v) is 3.89. The van der Waals surface area contributed by atoms with Crippen LogP contribution in [0.25, 0.3) is 0 Å². The molecule has 1 aliphatic carbocycles. The van der Waals surface area contributed by atoms with Crippen LogP contribution in [-0.4, -0.2) is 13.9 Å². The molecule has 2 nitrogen and oxygen atoms in total. The molecule has 1 aliphatic rings. The van der Waals surface area contributed by atoms with Gasteiger partial charge in [-0.15, -0.1) is 0 Å². The van der Waals surface area contributed by atoms with E-state index in [4.69, 9.17) is 4.43 Å². The second-order valence-corrected chi connectivity index (χ2v) is 10.7. The predicted octanol–water partition coefficient (Wildman–Crippen LogP) is 3.70. The maximum absolute atomic E-state index is 9.49. The second kappa shape index (κ2) is 3.91. The van der Waals surface area contributed by atoms with Crippen LogP contribution in [-0.2, 0) is 4.43 Å². The highest BCUT2D eigenvalue weighted by atomic mass is 28.4. The van der Waals surface area contributed by atoms with Crippen molar-refractivity contribution in [1.29, 1.82) is 5.26 Å². The second-order valence-electron chi connectivity index (χ2n) is 6.24. The Morgan fingerprint density at radius 3 is 2.07 bits per heavy atom. The Hall–Kier alpha value is -0.333. The van der Waals surface area contributed by atoms with E-state index in [-0.39, 0.29) is 5.41 Å². The topological polar surface area (TPSA) is 33.0 Å². The van der Waals surface area contributed by atoms with Crippen molar-refractivity contribution in [1.82, 2.24) is 0 Å². The summed E-state index contributed by atoms with van der Waals surface area (Å²) in [7, 11) is -1.65. The molecule has 1 fully saturated rings. The van der Waals surface area contributed by atoms with E-state index < -0.39 is 13.9 Å². The molecule has 0 saturated heterocycles. The normalized spacial score (nSPS) is 30.9. The minimum atomic E-state index is -1.65. The zero-order valence-electron chi connectivity index (χ0n) is 10.7. The summed E-state index contributed by atoms with van der Waals surface area (Å²) in [6, 6.07) is 2.48. The first-order valence-corrected chi connectivity index (χ1v) is 9.25. The van der Waals surface area contributed by atoms with Crippen LogP contribution in [0, 0.1) is 16.7 Å². The van der Waals surface area contributed by atoms with Crippen molar-refractivity contribution in [2.45, 2.75) is 64.8 Å². The Morgan fingerprint density at radius 2 is 1.67 bits per heavy atom. The van der Waals surface area contributed by atoms with Crippen LogP contribution in [0.4, 0.5) is 0 Å². The quantitative estimate of drug-likeness (QED) is 0.671. The highest BCUT2D eigenvalue weighted by Gasteiger charge is 2.50. The lowest BCUT2D eigenvalue weighted by molar-refractivity contribution is -0.0344. The van der Waals surface area contributed by atoms with Gasteiger partial charge in [0, 0.05) is 5.41 Å². The highest BCUT2D eigenvalue weighted by Crippen LogP contribution is 2.47. The average Bonchev–Trinajstić information content (AvgIpc) is 2.06. The molecular weight excluding hydrogens is 202 g/mol. The summed E-state index contributed by atoms with van der Waals surface area (Å²) in [6.07, 6.45) is 4.36. The van der Waals surface area contributed by atoms with Crippen molar-refractivity contribution in [3.8, 4) is 6.07 Å². The zero-order valence-corrected chi connectivity index (χ0v) is 11.7. The van der Waals surface area contributed by atoms with Gasteiger partial charge in [0.1, 0.15) is 5.60 Å². The molecule has 0 radical (unpaired) electrons. The van der Waals surface area contributed by atoms with Crippen LogP contribution in [0.15, 0.2) is 0 Å². The largest absolute Gasteiger partial charge is 0.399 e. The lowest BCUT2D eigenvalue weighted by Crippen LogP contribution is -2.53. The van der Waals surface area contributed by atoms with Gasteiger partial charge in [-0.05, 0) is 38.9 Å². The summed E-state index contributed by atoms with van der Waals surface area (Å²) in [5, 5.41) is 9.49. The molecule has 0 amide bonds. The van der Waals surface area contributed by atoms with Crippen molar-refractivity contribution in [2.24, 2.45) is 5.41 Å². The van der Waals surface area contributed by atoms with Gasteiger partial charge in [0.25, 0.3) is 0 Å². The minimum absolute atomic E-state index is 0.000278. The van der Waals surface area contributed by atoms with Gasteiger partial charge in [-0.25, -0.2) is 0 Å². The van der Waals surface area contributed by atoms with Crippen LogP contribution in [0.3, 0.4) is 0 Å². The van der Waals surface area contributed by atoms with Gasteiger partial charge in [0.15, 0.2) is 8.32 Å². The summed E-state index contributed by atoms with van der Waals surface area (Å²) in [6.45, 7) is 10.8. The molecule has 0 spiro atoms. The predicted molar refractivity (Wildman–Crippen MR) is 65.0 cm³/mol. The smallest absolute Gasteiger partial charge is 0.185 e. The summed E-state index contributed by atoms with van der Waals surface area (Å²) in [4.78, 5) is 0.